The Morgan fingerprint density at radius 2 is 2.24 bits per heavy atom. The summed E-state index contributed by atoms with van der Waals surface area (Å²) in [6.45, 7) is 0.551. The third-order valence-corrected chi connectivity index (χ3v) is 3.92. The highest BCUT2D eigenvalue weighted by molar-refractivity contribution is 7.09. The molecule has 1 saturated carbocycles. The average Bonchev–Trinajstić information content (AvgIpc) is 2.99. The van der Waals surface area contributed by atoms with Crippen molar-refractivity contribution in [3.63, 3.8) is 0 Å². The summed E-state index contributed by atoms with van der Waals surface area (Å²) in [6, 6.07) is 3.93. The van der Waals surface area contributed by atoms with Gasteiger partial charge in [0.05, 0.1) is 13.7 Å². The largest absolute Gasteiger partial charge is 0.468 e. The van der Waals surface area contributed by atoms with Crippen LogP contribution in [-0.2, 0) is 20.9 Å². The monoisotopic (exact) mass is 253 g/mol. The summed E-state index contributed by atoms with van der Waals surface area (Å²) >= 11 is 1.60. The number of carbonyl (C=O) groups is 2. The molecule has 4 nitrogen and oxygen atoms in total. The van der Waals surface area contributed by atoms with Gasteiger partial charge >= 0.3 is 5.97 Å². The van der Waals surface area contributed by atoms with Crippen LogP contribution in [0.4, 0.5) is 0 Å². The number of methoxy groups -OCH3 is 1. The lowest BCUT2D eigenvalue weighted by molar-refractivity contribution is -0.155. The Labute approximate surface area is 104 Å². The lowest BCUT2D eigenvalue weighted by atomic mass is 10.1. The fourth-order valence-corrected chi connectivity index (χ4v) is 2.66. The van der Waals surface area contributed by atoms with E-state index >= 15 is 0 Å². The van der Waals surface area contributed by atoms with Crippen LogP contribution in [0.2, 0.25) is 0 Å². The molecule has 0 atom stereocenters. The molecule has 0 bridgehead atoms. The smallest absolute Gasteiger partial charge is 0.321 e. The lowest BCUT2D eigenvalue weighted by Gasteiger charge is -2.21. The fraction of sp³-hybridized carbons (Fsp3) is 0.500. The first-order valence-corrected chi connectivity index (χ1v) is 6.34. The van der Waals surface area contributed by atoms with Crippen LogP contribution in [0.3, 0.4) is 0 Å². The number of thiophene rings is 1. The van der Waals surface area contributed by atoms with Crippen molar-refractivity contribution in [2.75, 3.05) is 14.2 Å². The summed E-state index contributed by atoms with van der Waals surface area (Å²) in [5.74, 6) is -0.529. The first-order valence-electron chi connectivity index (χ1n) is 5.46. The van der Waals surface area contributed by atoms with E-state index in [1.165, 1.54) is 7.11 Å². The molecule has 1 aliphatic carbocycles. The molecule has 1 aromatic rings. The summed E-state index contributed by atoms with van der Waals surface area (Å²) in [4.78, 5) is 26.5. The summed E-state index contributed by atoms with van der Waals surface area (Å²) in [5.41, 5.74) is -0.888. The maximum Gasteiger partial charge on any atom is 0.321 e. The second-order valence-electron chi connectivity index (χ2n) is 4.31. The van der Waals surface area contributed by atoms with Gasteiger partial charge in [-0.25, -0.2) is 0 Å². The van der Waals surface area contributed by atoms with Crippen molar-refractivity contribution in [2.24, 2.45) is 5.41 Å². The molecule has 0 aromatic carbocycles. The Balaban J connectivity index is 2.03. The highest BCUT2D eigenvalue weighted by Crippen LogP contribution is 2.48. The van der Waals surface area contributed by atoms with Crippen molar-refractivity contribution in [3.8, 4) is 0 Å². The van der Waals surface area contributed by atoms with Crippen molar-refractivity contribution < 1.29 is 14.3 Å². The topological polar surface area (TPSA) is 46.6 Å². The van der Waals surface area contributed by atoms with Crippen molar-refractivity contribution in [1.82, 2.24) is 4.90 Å². The Morgan fingerprint density at radius 3 is 2.71 bits per heavy atom. The minimum Gasteiger partial charge on any atom is -0.468 e. The molecule has 0 unspecified atom stereocenters. The van der Waals surface area contributed by atoms with Crippen molar-refractivity contribution >= 4 is 23.2 Å². The standard InChI is InChI=1S/C12H15NO3S/c1-13(8-9-4-3-7-17-9)10(14)12(5-6-12)11(15)16-2/h3-4,7H,5-6,8H2,1-2H3. The van der Waals surface area contributed by atoms with Crippen molar-refractivity contribution in [2.45, 2.75) is 19.4 Å². The number of carbonyl (C=O) groups excluding carboxylic acids is 2. The van der Waals surface area contributed by atoms with Gasteiger partial charge in [-0.1, -0.05) is 6.07 Å². The molecule has 1 aromatic heterocycles. The third kappa shape index (κ3) is 2.20. The number of esters is 1. The number of nitrogens with zero attached hydrogens (tertiary/aromatic N) is 1. The van der Waals surface area contributed by atoms with Gasteiger partial charge in [0.15, 0.2) is 0 Å². The molecule has 5 heteroatoms. The third-order valence-electron chi connectivity index (χ3n) is 3.06. The summed E-state index contributed by atoms with van der Waals surface area (Å²) in [5, 5.41) is 1.97. The molecular formula is C12H15NO3S. The quantitative estimate of drug-likeness (QED) is 0.605. The molecule has 1 heterocycles. The Morgan fingerprint density at radius 1 is 1.53 bits per heavy atom. The number of hydrogen-bond donors (Lipinski definition) is 0. The van der Waals surface area contributed by atoms with Crippen LogP contribution in [0.5, 0.6) is 0 Å². The molecule has 17 heavy (non-hydrogen) atoms. The van der Waals surface area contributed by atoms with E-state index in [0.29, 0.717) is 19.4 Å². The molecule has 0 N–H and O–H groups in total. The summed E-state index contributed by atoms with van der Waals surface area (Å²) < 4.78 is 4.70. The molecule has 1 amide bonds. The minimum atomic E-state index is -0.888. The van der Waals surface area contributed by atoms with Crippen LogP contribution in [0, 0.1) is 5.41 Å². The van der Waals surface area contributed by atoms with Crippen LogP contribution < -0.4 is 0 Å². The summed E-state index contributed by atoms with van der Waals surface area (Å²) in [6.07, 6.45) is 1.21. The van der Waals surface area contributed by atoms with Gasteiger partial charge in [-0.15, -0.1) is 11.3 Å². The molecule has 0 saturated heterocycles. The van der Waals surface area contributed by atoms with Gasteiger partial charge in [-0.05, 0) is 24.3 Å². The van der Waals surface area contributed by atoms with Crippen LogP contribution in [-0.4, -0.2) is 30.9 Å². The van der Waals surface area contributed by atoms with Gasteiger partial charge < -0.3 is 9.64 Å². The minimum absolute atomic E-state index is 0.127. The van der Waals surface area contributed by atoms with Gasteiger partial charge in [0.1, 0.15) is 5.41 Å². The first kappa shape index (κ1) is 12.1. The Bertz CT molecular complexity index is 423. The van der Waals surface area contributed by atoms with E-state index in [0.717, 1.165) is 4.88 Å². The van der Waals surface area contributed by atoms with Gasteiger partial charge in [0, 0.05) is 11.9 Å². The molecule has 0 aliphatic heterocycles. The van der Waals surface area contributed by atoms with E-state index in [4.69, 9.17) is 4.74 Å². The second-order valence-corrected chi connectivity index (χ2v) is 5.35. The SMILES string of the molecule is COC(=O)C1(C(=O)N(C)Cc2cccs2)CC1. The Kier molecular flexibility index (Phi) is 3.19. The van der Waals surface area contributed by atoms with Crippen LogP contribution in [0.1, 0.15) is 17.7 Å². The maximum atomic E-state index is 12.2. The highest BCUT2D eigenvalue weighted by Gasteiger charge is 2.58. The number of ether oxygens (including phenoxy) is 1. The van der Waals surface area contributed by atoms with Gasteiger partial charge in [-0.3, -0.25) is 9.59 Å². The van der Waals surface area contributed by atoms with E-state index in [1.54, 1.807) is 23.3 Å². The molecule has 1 aliphatic rings. The van der Waals surface area contributed by atoms with Gasteiger partial charge in [0.25, 0.3) is 0 Å². The zero-order valence-electron chi connectivity index (χ0n) is 9.93. The Hall–Kier alpha value is -1.36. The normalized spacial score (nSPS) is 16.4. The van der Waals surface area contributed by atoms with Crippen molar-refractivity contribution in [3.05, 3.63) is 22.4 Å². The van der Waals surface area contributed by atoms with E-state index < -0.39 is 11.4 Å². The number of rotatable bonds is 4. The van der Waals surface area contributed by atoms with Crippen LogP contribution >= 0.6 is 11.3 Å². The van der Waals surface area contributed by atoms with Gasteiger partial charge in [0.2, 0.25) is 5.91 Å². The molecule has 1 fully saturated rings. The molecule has 0 spiro atoms. The number of hydrogen-bond acceptors (Lipinski definition) is 4. The molecule has 0 radical (unpaired) electrons. The van der Waals surface area contributed by atoms with E-state index in [1.807, 2.05) is 17.5 Å². The van der Waals surface area contributed by atoms with Gasteiger partial charge in [-0.2, -0.15) is 0 Å². The van der Waals surface area contributed by atoms with Crippen LogP contribution in [0.15, 0.2) is 17.5 Å². The maximum absolute atomic E-state index is 12.2. The zero-order valence-corrected chi connectivity index (χ0v) is 10.8. The van der Waals surface area contributed by atoms with Crippen LogP contribution in [0.25, 0.3) is 0 Å². The van der Waals surface area contributed by atoms with E-state index in [-0.39, 0.29) is 5.91 Å². The predicted octanol–water partition coefficient (Wildman–Crippen LogP) is 1.66. The molecule has 92 valence electrons. The highest BCUT2D eigenvalue weighted by atomic mass is 32.1. The molecular weight excluding hydrogens is 238 g/mol. The van der Waals surface area contributed by atoms with E-state index in [2.05, 4.69) is 0 Å². The second kappa shape index (κ2) is 4.49. The van der Waals surface area contributed by atoms with Crippen molar-refractivity contribution in [1.29, 1.82) is 0 Å². The zero-order chi connectivity index (χ0) is 12.5. The lowest BCUT2D eigenvalue weighted by Crippen LogP contribution is -2.38. The molecule has 2 rings (SSSR count). The average molecular weight is 253 g/mol. The number of amides is 1. The predicted molar refractivity (Wildman–Crippen MR) is 64.5 cm³/mol. The fourth-order valence-electron chi connectivity index (χ4n) is 1.90. The summed E-state index contributed by atoms with van der Waals surface area (Å²) in [7, 11) is 3.06. The van der Waals surface area contributed by atoms with E-state index in [9.17, 15) is 9.59 Å². The first-order chi connectivity index (χ1) is 8.10.